The molecule has 0 radical (unpaired) electrons. The van der Waals surface area contributed by atoms with Crippen LogP contribution in [0.4, 0.5) is 0 Å². The molecule has 55 heavy (non-hydrogen) atoms. The number of carbonyl (C=O) groups is 3. The average molecular weight is 804 g/mol. The van der Waals surface area contributed by atoms with Crippen LogP contribution in [0.1, 0.15) is 213 Å². The van der Waals surface area contributed by atoms with Crippen molar-refractivity contribution in [2.75, 3.05) is 19.8 Å². The van der Waals surface area contributed by atoms with Crippen molar-refractivity contribution in [3.63, 3.8) is 0 Å². The highest BCUT2D eigenvalue weighted by molar-refractivity contribution is 7.47. The number of hydrogen-bond acceptors (Lipinski definition) is 8. The van der Waals surface area contributed by atoms with Crippen molar-refractivity contribution in [2.45, 2.75) is 225 Å². The highest BCUT2D eigenvalue weighted by Crippen LogP contribution is 2.43. The van der Waals surface area contributed by atoms with Crippen LogP contribution >= 0.6 is 7.82 Å². The van der Waals surface area contributed by atoms with Crippen molar-refractivity contribution in [1.29, 1.82) is 0 Å². The Hall–Kier alpha value is -1.78. The number of aliphatic carboxylic acids is 1. The summed E-state index contributed by atoms with van der Waals surface area (Å²) in [5.74, 6) is -2.37. The van der Waals surface area contributed by atoms with E-state index in [0.717, 1.165) is 51.4 Å². The monoisotopic (exact) mass is 804 g/mol. The van der Waals surface area contributed by atoms with Crippen molar-refractivity contribution in [1.82, 2.24) is 5.32 Å². The Morgan fingerprint density at radius 2 is 0.945 bits per heavy atom. The maximum Gasteiger partial charge on any atom is 0.472 e. The summed E-state index contributed by atoms with van der Waals surface area (Å²) < 4.78 is 26.8. The number of carboxylic acid groups (broad SMARTS) is 1. The summed E-state index contributed by atoms with van der Waals surface area (Å²) in [5.41, 5.74) is 0. The lowest BCUT2D eigenvalue weighted by Gasteiger charge is -2.18. The fourth-order valence-corrected chi connectivity index (χ4v) is 7.08. The summed E-state index contributed by atoms with van der Waals surface area (Å²) >= 11 is 0. The molecule has 0 aliphatic carbocycles. The predicted molar refractivity (Wildman–Crippen MR) is 222 cm³/mol. The number of aliphatic hydroxyl groups is 1. The van der Waals surface area contributed by atoms with Gasteiger partial charge in [-0.1, -0.05) is 174 Å². The molecule has 0 aromatic rings. The van der Waals surface area contributed by atoms with Gasteiger partial charge in [0.2, 0.25) is 5.91 Å². The van der Waals surface area contributed by atoms with Gasteiger partial charge in [-0.25, -0.2) is 9.36 Å². The van der Waals surface area contributed by atoms with Crippen molar-refractivity contribution < 1.29 is 47.8 Å². The summed E-state index contributed by atoms with van der Waals surface area (Å²) in [6, 6.07) is -1.54. The van der Waals surface area contributed by atoms with Crippen LogP contribution in [0.25, 0.3) is 0 Å². The quantitative estimate of drug-likeness (QED) is 0.0202. The topological polar surface area (TPSA) is 169 Å². The van der Waals surface area contributed by atoms with Crippen molar-refractivity contribution in [3.05, 3.63) is 12.2 Å². The van der Waals surface area contributed by atoms with E-state index in [2.05, 4.69) is 31.3 Å². The van der Waals surface area contributed by atoms with Gasteiger partial charge in [-0.3, -0.25) is 18.6 Å². The number of amides is 1. The van der Waals surface area contributed by atoms with E-state index in [9.17, 15) is 34.1 Å². The van der Waals surface area contributed by atoms with E-state index in [-0.39, 0.29) is 12.8 Å². The highest BCUT2D eigenvalue weighted by Gasteiger charge is 2.28. The molecule has 3 unspecified atom stereocenters. The van der Waals surface area contributed by atoms with Gasteiger partial charge < -0.3 is 25.2 Å². The summed E-state index contributed by atoms with van der Waals surface area (Å²) in [5, 5.41) is 21.8. The van der Waals surface area contributed by atoms with Crippen LogP contribution in [0.3, 0.4) is 0 Å². The zero-order chi connectivity index (χ0) is 40.7. The van der Waals surface area contributed by atoms with Gasteiger partial charge in [-0.15, -0.1) is 0 Å². The Morgan fingerprint density at radius 1 is 0.564 bits per heavy atom. The molecule has 4 N–H and O–H groups in total. The van der Waals surface area contributed by atoms with E-state index in [1.165, 1.54) is 122 Å². The number of allylic oxidation sites excluding steroid dienone is 2. The van der Waals surface area contributed by atoms with E-state index in [4.69, 9.17) is 13.8 Å². The van der Waals surface area contributed by atoms with E-state index in [1.807, 2.05) is 0 Å². The minimum absolute atomic E-state index is 0.144. The fourth-order valence-electron chi connectivity index (χ4n) is 6.31. The second-order valence-electron chi connectivity index (χ2n) is 15.2. The number of esters is 1. The average Bonchev–Trinajstić information content (AvgIpc) is 3.16. The van der Waals surface area contributed by atoms with Gasteiger partial charge in [0.05, 0.1) is 13.2 Å². The lowest BCUT2D eigenvalue weighted by atomic mass is 10.0. The SMILES string of the molecule is CCCCCCCCC/C=C\CCCCCCCCCC(=O)NC(COP(=O)(O)OCC(O)COC(=O)CCCCCCCCCCCCCCC)C(=O)O. The van der Waals surface area contributed by atoms with Crippen LogP contribution in [0, 0.1) is 0 Å². The predicted octanol–water partition coefficient (Wildman–Crippen LogP) is 11.3. The van der Waals surface area contributed by atoms with Crippen LogP contribution in [0.2, 0.25) is 0 Å². The minimum Gasteiger partial charge on any atom is -0.480 e. The Kier molecular flexibility index (Phi) is 37.8. The zero-order valence-corrected chi connectivity index (χ0v) is 35.9. The van der Waals surface area contributed by atoms with Crippen molar-refractivity contribution >= 4 is 25.7 Å². The van der Waals surface area contributed by atoms with Crippen molar-refractivity contribution in [2.24, 2.45) is 0 Å². The number of ether oxygens (including phenoxy) is 1. The Balaban J connectivity index is 3.89. The second kappa shape index (κ2) is 39.1. The molecular weight excluding hydrogens is 721 g/mol. The Morgan fingerprint density at radius 3 is 1.38 bits per heavy atom. The normalized spacial score (nSPS) is 13.8. The molecule has 1 amide bonds. The molecule has 12 heteroatoms. The Bertz CT molecular complexity index is 995. The first-order chi connectivity index (χ1) is 26.6. The Labute approximate surface area is 335 Å². The van der Waals surface area contributed by atoms with Gasteiger partial charge in [0.1, 0.15) is 12.7 Å². The van der Waals surface area contributed by atoms with E-state index in [1.54, 1.807) is 0 Å². The number of carbonyl (C=O) groups excluding carboxylic acids is 2. The van der Waals surface area contributed by atoms with Crippen molar-refractivity contribution in [3.8, 4) is 0 Å². The van der Waals surface area contributed by atoms with E-state index in [0.29, 0.717) is 12.8 Å². The van der Waals surface area contributed by atoms with Gasteiger partial charge in [-0.2, -0.15) is 0 Å². The van der Waals surface area contributed by atoms with Crippen LogP contribution in [-0.4, -0.2) is 64.9 Å². The molecule has 0 fully saturated rings. The first kappa shape index (κ1) is 53.2. The molecule has 3 atom stereocenters. The van der Waals surface area contributed by atoms with Gasteiger partial charge in [0, 0.05) is 12.8 Å². The minimum atomic E-state index is -4.75. The molecule has 0 aliphatic heterocycles. The number of phosphoric ester groups is 1. The van der Waals surface area contributed by atoms with Crippen LogP contribution in [0.5, 0.6) is 0 Å². The molecule has 0 aromatic heterocycles. The van der Waals surface area contributed by atoms with Gasteiger partial charge >= 0.3 is 19.8 Å². The first-order valence-electron chi connectivity index (χ1n) is 22.2. The summed E-state index contributed by atoms with van der Waals surface area (Å²) in [7, 11) is -4.75. The summed E-state index contributed by atoms with van der Waals surface area (Å²) in [6.45, 7) is 2.60. The van der Waals surface area contributed by atoms with Gasteiger partial charge in [-0.05, 0) is 38.5 Å². The highest BCUT2D eigenvalue weighted by atomic mass is 31.2. The molecule has 0 spiro atoms. The third-order valence-corrected chi connectivity index (χ3v) is 10.8. The number of carboxylic acids is 1. The molecule has 0 saturated carbocycles. The summed E-state index contributed by atoms with van der Waals surface area (Å²) in [6.07, 6.45) is 38.0. The number of nitrogens with one attached hydrogen (secondary N) is 1. The maximum atomic E-state index is 12.3. The van der Waals surface area contributed by atoms with Crippen LogP contribution in [0.15, 0.2) is 12.2 Å². The lowest BCUT2D eigenvalue weighted by Crippen LogP contribution is -2.43. The molecular formula is C43H82NO10P. The molecule has 11 nitrogen and oxygen atoms in total. The maximum absolute atomic E-state index is 12.3. The number of phosphoric acid groups is 1. The standard InChI is InChI=1S/C43H82NO10P/c1-3-5-7-9-11-13-15-17-18-19-20-21-23-24-26-28-30-32-34-41(46)44-40(43(48)49)38-54-55(50,51)53-37-39(45)36-52-42(47)35-33-31-29-27-25-22-16-14-12-10-8-6-4-2/h18-19,39-40,45H,3-17,20-38H2,1-2H3,(H,44,46)(H,48,49)(H,50,51)/b19-18-. The number of rotatable bonds is 42. The first-order valence-corrected chi connectivity index (χ1v) is 23.7. The molecule has 0 aromatic carbocycles. The van der Waals surface area contributed by atoms with Crippen LogP contribution in [-0.2, 0) is 32.7 Å². The summed E-state index contributed by atoms with van der Waals surface area (Å²) in [4.78, 5) is 45.9. The largest absolute Gasteiger partial charge is 0.480 e. The van der Waals surface area contributed by atoms with Gasteiger partial charge in [0.25, 0.3) is 0 Å². The van der Waals surface area contributed by atoms with E-state index >= 15 is 0 Å². The zero-order valence-electron chi connectivity index (χ0n) is 35.0. The molecule has 0 aliphatic rings. The molecule has 0 rings (SSSR count). The lowest BCUT2D eigenvalue weighted by molar-refractivity contribution is -0.147. The van der Waals surface area contributed by atoms with Gasteiger partial charge in [0.15, 0.2) is 6.04 Å². The molecule has 324 valence electrons. The fraction of sp³-hybridized carbons (Fsp3) is 0.884. The smallest absolute Gasteiger partial charge is 0.472 e. The number of hydrogen-bond donors (Lipinski definition) is 4. The molecule has 0 bridgehead atoms. The van der Waals surface area contributed by atoms with E-state index < -0.39 is 57.6 Å². The number of aliphatic hydroxyl groups excluding tert-OH is 1. The van der Waals surface area contributed by atoms with Crippen LogP contribution < -0.4 is 5.32 Å². The third kappa shape index (κ3) is 38.9. The molecule has 0 saturated heterocycles. The third-order valence-electron chi connectivity index (χ3n) is 9.80. The second-order valence-corrected chi connectivity index (χ2v) is 16.7. The molecule has 0 heterocycles. The number of unbranched alkanes of at least 4 members (excludes halogenated alkanes) is 26.